The molecule has 0 aliphatic carbocycles. The molecule has 0 saturated heterocycles. The molecule has 0 heterocycles. The molecule has 0 saturated carbocycles. The quantitative estimate of drug-likeness (QED) is 0.874. The standard InChI is InChI=1S/C16H18ClNO/c1-18-11-13(15-7-2-3-8-16(15)17)9-12-5-4-6-14(19)10-12/h2-8,10,13,18-19H,9,11H2,1H3. The van der Waals surface area contributed by atoms with Crippen molar-refractivity contribution < 1.29 is 5.11 Å². The Morgan fingerprint density at radius 3 is 2.63 bits per heavy atom. The smallest absolute Gasteiger partial charge is 0.115 e. The fourth-order valence-electron chi connectivity index (χ4n) is 2.31. The van der Waals surface area contributed by atoms with E-state index in [1.54, 1.807) is 12.1 Å². The van der Waals surface area contributed by atoms with Crippen LogP contribution < -0.4 is 5.32 Å². The second kappa shape index (κ2) is 6.60. The van der Waals surface area contributed by atoms with E-state index in [2.05, 4.69) is 11.4 Å². The summed E-state index contributed by atoms with van der Waals surface area (Å²) in [5, 5.41) is 13.5. The van der Waals surface area contributed by atoms with E-state index in [-0.39, 0.29) is 0 Å². The van der Waals surface area contributed by atoms with Crippen molar-refractivity contribution in [1.82, 2.24) is 5.32 Å². The molecule has 2 N–H and O–H groups in total. The van der Waals surface area contributed by atoms with Crippen molar-refractivity contribution in [3.8, 4) is 5.75 Å². The summed E-state index contributed by atoms with van der Waals surface area (Å²) in [6, 6.07) is 15.3. The van der Waals surface area contributed by atoms with Crippen LogP contribution in [0.1, 0.15) is 17.0 Å². The molecule has 0 bridgehead atoms. The second-order valence-electron chi connectivity index (χ2n) is 4.65. The van der Waals surface area contributed by atoms with Crippen molar-refractivity contribution in [3.05, 3.63) is 64.7 Å². The van der Waals surface area contributed by atoms with Crippen LogP contribution in [0.4, 0.5) is 0 Å². The molecule has 0 radical (unpaired) electrons. The van der Waals surface area contributed by atoms with Gasteiger partial charge in [0.25, 0.3) is 0 Å². The van der Waals surface area contributed by atoms with Crippen LogP contribution in [-0.2, 0) is 6.42 Å². The number of nitrogens with one attached hydrogen (secondary N) is 1. The molecule has 0 spiro atoms. The lowest BCUT2D eigenvalue weighted by Gasteiger charge is -2.18. The molecule has 1 unspecified atom stereocenters. The number of rotatable bonds is 5. The van der Waals surface area contributed by atoms with Gasteiger partial charge in [-0.05, 0) is 42.8 Å². The molecular formula is C16H18ClNO. The zero-order chi connectivity index (χ0) is 13.7. The largest absolute Gasteiger partial charge is 0.508 e. The van der Waals surface area contributed by atoms with Crippen molar-refractivity contribution in [2.24, 2.45) is 0 Å². The highest BCUT2D eigenvalue weighted by atomic mass is 35.5. The van der Waals surface area contributed by atoms with Crippen LogP contribution in [0, 0.1) is 0 Å². The molecule has 0 fully saturated rings. The summed E-state index contributed by atoms with van der Waals surface area (Å²) in [4.78, 5) is 0. The lowest BCUT2D eigenvalue weighted by Crippen LogP contribution is -2.19. The van der Waals surface area contributed by atoms with Gasteiger partial charge < -0.3 is 10.4 Å². The predicted octanol–water partition coefficient (Wildman–Crippen LogP) is 3.59. The van der Waals surface area contributed by atoms with E-state index in [0.717, 1.165) is 29.1 Å². The molecule has 1 atom stereocenters. The molecule has 0 aliphatic rings. The number of hydrogen-bond donors (Lipinski definition) is 2. The highest BCUT2D eigenvalue weighted by molar-refractivity contribution is 6.31. The summed E-state index contributed by atoms with van der Waals surface area (Å²) in [6.07, 6.45) is 0.846. The highest BCUT2D eigenvalue weighted by Crippen LogP contribution is 2.27. The van der Waals surface area contributed by atoms with Crippen LogP contribution in [0.5, 0.6) is 5.75 Å². The maximum Gasteiger partial charge on any atom is 0.115 e. The Morgan fingerprint density at radius 2 is 1.95 bits per heavy atom. The van der Waals surface area contributed by atoms with Gasteiger partial charge in [-0.25, -0.2) is 0 Å². The topological polar surface area (TPSA) is 32.3 Å². The Morgan fingerprint density at radius 1 is 1.16 bits per heavy atom. The third-order valence-corrected chi connectivity index (χ3v) is 3.53. The van der Waals surface area contributed by atoms with Crippen LogP contribution in [0.25, 0.3) is 0 Å². The molecular weight excluding hydrogens is 258 g/mol. The fourth-order valence-corrected chi connectivity index (χ4v) is 2.60. The minimum Gasteiger partial charge on any atom is -0.508 e. The molecule has 19 heavy (non-hydrogen) atoms. The third kappa shape index (κ3) is 3.72. The number of aromatic hydroxyl groups is 1. The first-order valence-electron chi connectivity index (χ1n) is 6.37. The van der Waals surface area contributed by atoms with E-state index in [1.807, 2.05) is 37.4 Å². The SMILES string of the molecule is CNCC(Cc1cccc(O)c1)c1ccccc1Cl. The second-order valence-corrected chi connectivity index (χ2v) is 5.06. The molecule has 2 nitrogen and oxygen atoms in total. The summed E-state index contributed by atoms with van der Waals surface area (Å²) in [5.74, 6) is 0.598. The van der Waals surface area contributed by atoms with E-state index in [0.29, 0.717) is 11.7 Å². The average Bonchev–Trinajstić information content (AvgIpc) is 2.39. The Bertz CT molecular complexity index is 542. The van der Waals surface area contributed by atoms with Crippen LogP contribution in [-0.4, -0.2) is 18.7 Å². The van der Waals surface area contributed by atoms with E-state index in [4.69, 9.17) is 11.6 Å². The zero-order valence-electron chi connectivity index (χ0n) is 10.9. The van der Waals surface area contributed by atoms with E-state index >= 15 is 0 Å². The van der Waals surface area contributed by atoms with Crippen LogP contribution in [0.15, 0.2) is 48.5 Å². The minimum atomic E-state index is 0.292. The van der Waals surface area contributed by atoms with Crippen LogP contribution >= 0.6 is 11.6 Å². The molecule has 100 valence electrons. The van der Waals surface area contributed by atoms with Crippen molar-refractivity contribution in [2.75, 3.05) is 13.6 Å². The summed E-state index contributed by atoms with van der Waals surface area (Å²) >= 11 is 6.28. The maximum atomic E-state index is 9.54. The predicted molar refractivity (Wildman–Crippen MR) is 79.9 cm³/mol. The molecule has 3 heteroatoms. The Hall–Kier alpha value is -1.51. The van der Waals surface area contributed by atoms with E-state index in [9.17, 15) is 5.11 Å². The first-order chi connectivity index (χ1) is 9.20. The van der Waals surface area contributed by atoms with E-state index in [1.165, 1.54) is 0 Å². The van der Waals surface area contributed by atoms with Crippen molar-refractivity contribution in [1.29, 1.82) is 0 Å². The van der Waals surface area contributed by atoms with Gasteiger partial charge in [0.05, 0.1) is 0 Å². The maximum absolute atomic E-state index is 9.54. The highest BCUT2D eigenvalue weighted by Gasteiger charge is 2.14. The minimum absolute atomic E-state index is 0.292. The zero-order valence-corrected chi connectivity index (χ0v) is 11.7. The summed E-state index contributed by atoms with van der Waals surface area (Å²) in [6.45, 7) is 0.847. The van der Waals surface area contributed by atoms with Crippen molar-refractivity contribution in [2.45, 2.75) is 12.3 Å². The monoisotopic (exact) mass is 275 g/mol. The fraction of sp³-hybridized carbons (Fsp3) is 0.250. The van der Waals surface area contributed by atoms with Gasteiger partial charge in [0.1, 0.15) is 5.75 Å². The van der Waals surface area contributed by atoms with Gasteiger partial charge in [0.2, 0.25) is 0 Å². The number of halogens is 1. The summed E-state index contributed by atoms with van der Waals surface area (Å²) in [7, 11) is 1.94. The number of phenolic OH excluding ortho intramolecular Hbond substituents is 1. The summed E-state index contributed by atoms with van der Waals surface area (Å²) < 4.78 is 0. The van der Waals surface area contributed by atoms with Gasteiger partial charge in [-0.1, -0.05) is 41.9 Å². The first-order valence-corrected chi connectivity index (χ1v) is 6.75. The van der Waals surface area contributed by atoms with Crippen molar-refractivity contribution in [3.63, 3.8) is 0 Å². The van der Waals surface area contributed by atoms with Gasteiger partial charge in [-0.3, -0.25) is 0 Å². The van der Waals surface area contributed by atoms with Gasteiger partial charge in [-0.2, -0.15) is 0 Å². The lowest BCUT2D eigenvalue weighted by molar-refractivity contribution is 0.474. The molecule has 2 rings (SSSR count). The number of phenols is 1. The lowest BCUT2D eigenvalue weighted by atomic mass is 9.92. The van der Waals surface area contributed by atoms with Gasteiger partial charge in [0.15, 0.2) is 0 Å². The van der Waals surface area contributed by atoms with Gasteiger partial charge in [-0.15, -0.1) is 0 Å². The molecule has 0 aliphatic heterocycles. The van der Waals surface area contributed by atoms with Gasteiger partial charge in [0, 0.05) is 17.5 Å². The number of likely N-dealkylation sites (N-methyl/N-ethyl adjacent to an activating group) is 1. The number of benzene rings is 2. The summed E-state index contributed by atoms with van der Waals surface area (Å²) in [5.41, 5.74) is 2.25. The Balaban J connectivity index is 2.24. The van der Waals surface area contributed by atoms with Crippen LogP contribution in [0.2, 0.25) is 5.02 Å². The molecule has 0 amide bonds. The Labute approximate surface area is 119 Å². The Kier molecular flexibility index (Phi) is 4.83. The van der Waals surface area contributed by atoms with Crippen molar-refractivity contribution >= 4 is 11.6 Å². The molecule has 0 aromatic heterocycles. The normalized spacial score (nSPS) is 12.3. The molecule has 2 aromatic carbocycles. The first kappa shape index (κ1) is 13.9. The van der Waals surface area contributed by atoms with Gasteiger partial charge >= 0.3 is 0 Å². The average molecular weight is 276 g/mol. The number of hydrogen-bond acceptors (Lipinski definition) is 2. The third-order valence-electron chi connectivity index (χ3n) is 3.19. The van der Waals surface area contributed by atoms with Crippen LogP contribution in [0.3, 0.4) is 0 Å². The van der Waals surface area contributed by atoms with E-state index < -0.39 is 0 Å². The molecule has 2 aromatic rings.